The molecule has 34 heavy (non-hydrogen) atoms. The smallest absolute Gasteiger partial charge is 0.258 e. The van der Waals surface area contributed by atoms with Gasteiger partial charge in [-0.1, -0.05) is 11.1 Å². The number of nitro groups is 4. The van der Waals surface area contributed by atoms with Gasteiger partial charge in [-0.3, -0.25) is 40.5 Å². The molecule has 0 N–H and O–H groups in total. The van der Waals surface area contributed by atoms with E-state index in [2.05, 4.69) is 0 Å². The van der Waals surface area contributed by atoms with Crippen LogP contribution in [0.25, 0.3) is 0 Å². The fourth-order valence-electron chi connectivity index (χ4n) is 3.48. The van der Waals surface area contributed by atoms with Crippen molar-refractivity contribution in [1.29, 1.82) is 0 Å². The Kier molecular flexibility index (Phi) is 8.17. The van der Waals surface area contributed by atoms with Gasteiger partial charge in [0.15, 0.2) is 0 Å². The van der Waals surface area contributed by atoms with Gasteiger partial charge in [0.1, 0.15) is 0 Å². The van der Waals surface area contributed by atoms with E-state index >= 15 is 0 Å². The summed E-state index contributed by atoms with van der Waals surface area (Å²) < 4.78 is 0. The van der Waals surface area contributed by atoms with Crippen molar-refractivity contribution in [3.63, 3.8) is 0 Å². The van der Waals surface area contributed by atoms with Crippen LogP contribution in [0.15, 0.2) is 57.3 Å². The second-order valence-corrected chi connectivity index (χ2v) is 9.36. The average molecular weight is 507 g/mol. The normalized spacial score (nSPS) is 13.5. The molecular formula is C20H18N4O8S2. The van der Waals surface area contributed by atoms with Gasteiger partial charge in [0.25, 0.3) is 22.7 Å². The number of nitro benzene ring substituents is 4. The highest BCUT2D eigenvalue weighted by atomic mass is 32.2. The fraction of sp³-hybridized carbons (Fsp3) is 0.300. The molecule has 0 heterocycles. The third kappa shape index (κ3) is 6.08. The first kappa shape index (κ1) is 25.1. The Morgan fingerprint density at radius 1 is 0.618 bits per heavy atom. The van der Waals surface area contributed by atoms with Crippen molar-refractivity contribution in [1.82, 2.24) is 0 Å². The van der Waals surface area contributed by atoms with Crippen molar-refractivity contribution in [2.75, 3.05) is 11.5 Å². The maximum atomic E-state index is 11.4. The largest absolute Gasteiger partial charge is 0.289 e. The molecule has 0 aliphatic heterocycles. The molecule has 0 saturated carbocycles. The minimum atomic E-state index is -0.683. The highest BCUT2D eigenvalue weighted by molar-refractivity contribution is 8.00. The molecule has 0 amide bonds. The topological polar surface area (TPSA) is 173 Å². The Morgan fingerprint density at radius 2 is 1.00 bits per heavy atom. The number of hydrogen-bond donors (Lipinski definition) is 0. The molecule has 2 aromatic rings. The molecule has 0 unspecified atom stereocenters. The molecule has 0 aromatic heterocycles. The standard InChI is InChI=1S/C20H18N4O8S2/c25-21(26)15-5-7-19(17(9-15)23(29)30)33-11-13-3-1-2-4-14(13)12-34-20-8-6-16(22(27)28)10-18(20)24(31)32/h5-10H,1-4,11-12H2. The third-order valence-corrected chi connectivity index (χ3v) is 7.51. The molecule has 0 bridgehead atoms. The Hall–Kier alpha value is -3.52. The average Bonchev–Trinajstić information content (AvgIpc) is 2.81. The minimum Gasteiger partial charge on any atom is -0.258 e. The van der Waals surface area contributed by atoms with Gasteiger partial charge in [0.2, 0.25) is 0 Å². The van der Waals surface area contributed by atoms with Crippen LogP contribution in [0.1, 0.15) is 25.7 Å². The second kappa shape index (κ2) is 11.1. The lowest BCUT2D eigenvalue weighted by atomic mass is 9.94. The zero-order valence-electron chi connectivity index (χ0n) is 17.6. The van der Waals surface area contributed by atoms with Crippen LogP contribution in [0.3, 0.4) is 0 Å². The molecule has 0 saturated heterocycles. The number of benzene rings is 2. The van der Waals surface area contributed by atoms with Crippen molar-refractivity contribution in [2.45, 2.75) is 35.5 Å². The molecule has 14 heteroatoms. The molecule has 0 fully saturated rings. The lowest BCUT2D eigenvalue weighted by molar-refractivity contribution is -0.396. The number of rotatable bonds is 10. The van der Waals surface area contributed by atoms with E-state index in [1.807, 2.05) is 0 Å². The first-order valence-electron chi connectivity index (χ1n) is 9.98. The monoisotopic (exact) mass is 506 g/mol. The first-order chi connectivity index (χ1) is 16.2. The Balaban J connectivity index is 1.78. The molecule has 0 radical (unpaired) electrons. The summed E-state index contributed by atoms with van der Waals surface area (Å²) in [5.74, 6) is 0.911. The van der Waals surface area contributed by atoms with Crippen molar-refractivity contribution < 1.29 is 19.7 Å². The molecule has 0 spiro atoms. The van der Waals surface area contributed by atoms with Crippen molar-refractivity contribution in [2.24, 2.45) is 0 Å². The molecule has 178 valence electrons. The van der Waals surface area contributed by atoms with Crippen molar-refractivity contribution in [3.8, 4) is 0 Å². The quantitative estimate of drug-likeness (QED) is 0.159. The van der Waals surface area contributed by atoms with Crippen LogP contribution >= 0.6 is 23.5 Å². The predicted molar refractivity (Wildman–Crippen MR) is 126 cm³/mol. The highest BCUT2D eigenvalue weighted by Gasteiger charge is 2.23. The molecule has 0 atom stereocenters. The molecule has 2 aromatic carbocycles. The zero-order chi connectivity index (χ0) is 24.8. The van der Waals surface area contributed by atoms with E-state index in [-0.39, 0.29) is 22.7 Å². The summed E-state index contributed by atoms with van der Waals surface area (Å²) in [6, 6.07) is 7.10. The lowest BCUT2D eigenvalue weighted by Gasteiger charge is -2.20. The van der Waals surface area contributed by atoms with Crippen LogP contribution in [-0.4, -0.2) is 31.2 Å². The summed E-state index contributed by atoms with van der Waals surface area (Å²) >= 11 is 2.45. The summed E-state index contributed by atoms with van der Waals surface area (Å²) in [5.41, 5.74) is 0.812. The van der Waals surface area contributed by atoms with Crippen molar-refractivity contribution >= 4 is 46.3 Å². The molecular weight excluding hydrogens is 488 g/mol. The fourth-order valence-corrected chi connectivity index (χ4v) is 5.72. The third-order valence-electron chi connectivity index (χ3n) is 5.21. The van der Waals surface area contributed by atoms with Crippen LogP contribution in [0.5, 0.6) is 0 Å². The van der Waals surface area contributed by atoms with Gasteiger partial charge >= 0.3 is 0 Å². The number of hydrogen-bond acceptors (Lipinski definition) is 10. The molecule has 12 nitrogen and oxygen atoms in total. The lowest BCUT2D eigenvalue weighted by Crippen LogP contribution is -2.05. The minimum absolute atomic E-state index is 0.326. The van der Waals surface area contributed by atoms with Gasteiger partial charge < -0.3 is 0 Å². The van der Waals surface area contributed by atoms with Gasteiger partial charge in [0, 0.05) is 23.6 Å². The summed E-state index contributed by atoms with van der Waals surface area (Å²) in [6.07, 6.45) is 3.46. The van der Waals surface area contributed by atoms with Gasteiger partial charge in [-0.25, -0.2) is 0 Å². The SMILES string of the molecule is O=[N+]([O-])c1ccc(SCC2=C(CSc3ccc([N+](=O)[O-])cc3[N+](=O)[O-])CCCC2)c([N+](=O)[O-])c1. The highest BCUT2D eigenvalue weighted by Crippen LogP contribution is 2.39. The van der Waals surface area contributed by atoms with E-state index < -0.39 is 19.7 Å². The summed E-state index contributed by atoms with van der Waals surface area (Å²) in [5, 5.41) is 44.6. The van der Waals surface area contributed by atoms with Gasteiger partial charge in [0.05, 0.1) is 41.6 Å². The zero-order valence-corrected chi connectivity index (χ0v) is 19.2. The van der Waals surface area contributed by atoms with Gasteiger partial charge in [-0.05, 0) is 37.8 Å². The summed E-state index contributed by atoms with van der Waals surface area (Å²) in [6.45, 7) is 0. The number of non-ortho nitro benzene ring substituents is 2. The maximum Gasteiger partial charge on any atom is 0.289 e. The summed E-state index contributed by atoms with van der Waals surface area (Å²) in [4.78, 5) is 42.6. The van der Waals surface area contributed by atoms with Crippen LogP contribution in [0.2, 0.25) is 0 Å². The van der Waals surface area contributed by atoms with Crippen molar-refractivity contribution in [3.05, 3.63) is 88.0 Å². The number of nitrogens with zero attached hydrogens (tertiary/aromatic N) is 4. The van der Waals surface area contributed by atoms with E-state index in [1.165, 1.54) is 47.8 Å². The van der Waals surface area contributed by atoms with E-state index in [9.17, 15) is 40.5 Å². The van der Waals surface area contributed by atoms with Crippen LogP contribution < -0.4 is 0 Å². The van der Waals surface area contributed by atoms with E-state index in [0.29, 0.717) is 21.3 Å². The van der Waals surface area contributed by atoms with Crippen LogP contribution in [-0.2, 0) is 0 Å². The number of thioether (sulfide) groups is 2. The van der Waals surface area contributed by atoms with Gasteiger partial charge in [-0.15, -0.1) is 23.5 Å². The summed E-state index contributed by atoms with van der Waals surface area (Å²) in [7, 11) is 0. The van der Waals surface area contributed by atoms with E-state index in [1.54, 1.807) is 0 Å². The first-order valence-corrected chi connectivity index (χ1v) is 12.0. The Labute approximate surface area is 201 Å². The van der Waals surface area contributed by atoms with Crippen LogP contribution in [0.4, 0.5) is 22.7 Å². The van der Waals surface area contributed by atoms with E-state index in [4.69, 9.17) is 0 Å². The maximum absolute atomic E-state index is 11.4. The predicted octanol–water partition coefficient (Wildman–Crippen LogP) is 6.07. The van der Waals surface area contributed by atoms with Crippen LogP contribution in [0, 0.1) is 40.5 Å². The molecule has 1 aliphatic rings. The molecule has 1 aliphatic carbocycles. The van der Waals surface area contributed by atoms with Gasteiger partial charge in [-0.2, -0.15) is 0 Å². The Bertz CT molecular complexity index is 1110. The second-order valence-electron chi connectivity index (χ2n) is 7.32. The Morgan fingerprint density at radius 3 is 1.32 bits per heavy atom. The van der Waals surface area contributed by atoms with E-state index in [0.717, 1.165) is 49.0 Å². The molecule has 3 rings (SSSR count).